The van der Waals surface area contributed by atoms with Crippen molar-refractivity contribution in [3.8, 4) is 6.07 Å². The molecule has 0 aliphatic carbocycles. The number of hydrogen-bond donors (Lipinski definition) is 2. The number of amides is 1. The van der Waals surface area contributed by atoms with Crippen molar-refractivity contribution in [2.75, 3.05) is 31.3 Å². The van der Waals surface area contributed by atoms with Gasteiger partial charge in [0.1, 0.15) is 11.6 Å². The molecule has 0 radical (unpaired) electrons. The van der Waals surface area contributed by atoms with Gasteiger partial charge in [-0.25, -0.2) is 0 Å². The zero-order valence-corrected chi connectivity index (χ0v) is 16.3. The molecule has 0 saturated heterocycles. The molecule has 0 spiro atoms. The minimum absolute atomic E-state index is 0.0644. The van der Waals surface area contributed by atoms with E-state index in [1.54, 1.807) is 0 Å². The van der Waals surface area contributed by atoms with Crippen LogP contribution in [0.25, 0.3) is 0 Å². The Bertz CT molecular complexity index is 841. The van der Waals surface area contributed by atoms with Crippen LogP contribution in [0.3, 0.4) is 0 Å². The lowest BCUT2D eigenvalue weighted by Crippen LogP contribution is -2.27. The van der Waals surface area contributed by atoms with E-state index in [0.717, 1.165) is 35.3 Å². The number of rotatable bonds is 8. The average Bonchev–Trinajstić information content (AvgIpc) is 2.64. The molecule has 0 saturated carbocycles. The maximum absolute atomic E-state index is 11.9. The summed E-state index contributed by atoms with van der Waals surface area (Å²) < 4.78 is 0. The first-order valence-corrected chi connectivity index (χ1v) is 9.04. The molecular formula is C20H26N6O. The van der Waals surface area contributed by atoms with Crippen LogP contribution < -0.4 is 10.6 Å². The molecule has 1 aromatic carbocycles. The van der Waals surface area contributed by atoms with E-state index < -0.39 is 0 Å². The van der Waals surface area contributed by atoms with Crippen LogP contribution in [0, 0.1) is 11.3 Å². The second-order valence-corrected chi connectivity index (χ2v) is 6.51. The standard InChI is InChI=1S/C20H26N6O/c1-5-16-17(11-21)20(25-24-18(16)6-2)22-12-14-8-7-9-15(10-14)23-19(27)13-26(3)4/h7-10H,5-6,12-13H2,1-4H3,(H,22,25)(H,23,27). The predicted molar refractivity (Wildman–Crippen MR) is 106 cm³/mol. The van der Waals surface area contributed by atoms with E-state index in [1.807, 2.05) is 57.1 Å². The van der Waals surface area contributed by atoms with E-state index in [1.165, 1.54) is 0 Å². The Morgan fingerprint density at radius 3 is 2.63 bits per heavy atom. The number of carbonyl (C=O) groups is 1. The monoisotopic (exact) mass is 366 g/mol. The molecule has 1 heterocycles. The summed E-state index contributed by atoms with van der Waals surface area (Å²) in [5, 5.41) is 24.1. The number of benzene rings is 1. The Kier molecular flexibility index (Phi) is 7.26. The van der Waals surface area contributed by atoms with Gasteiger partial charge in [0.15, 0.2) is 5.82 Å². The summed E-state index contributed by atoms with van der Waals surface area (Å²) in [6.45, 7) is 4.83. The zero-order valence-electron chi connectivity index (χ0n) is 16.3. The van der Waals surface area contributed by atoms with Crippen molar-refractivity contribution in [1.82, 2.24) is 15.1 Å². The van der Waals surface area contributed by atoms with Crippen LogP contribution in [0.5, 0.6) is 0 Å². The van der Waals surface area contributed by atoms with Gasteiger partial charge in [-0.1, -0.05) is 26.0 Å². The van der Waals surface area contributed by atoms with Crippen molar-refractivity contribution in [2.45, 2.75) is 33.2 Å². The van der Waals surface area contributed by atoms with Crippen molar-refractivity contribution < 1.29 is 4.79 Å². The molecule has 0 atom stereocenters. The molecule has 2 N–H and O–H groups in total. The van der Waals surface area contributed by atoms with Gasteiger partial charge >= 0.3 is 0 Å². The fraction of sp³-hybridized carbons (Fsp3) is 0.400. The Hall–Kier alpha value is -2.98. The Labute approximate surface area is 160 Å². The van der Waals surface area contributed by atoms with Crippen LogP contribution in [0.2, 0.25) is 0 Å². The number of carbonyl (C=O) groups excluding carboxylic acids is 1. The molecule has 1 amide bonds. The molecule has 7 nitrogen and oxygen atoms in total. The molecule has 2 aromatic rings. The highest BCUT2D eigenvalue weighted by Gasteiger charge is 2.14. The van der Waals surface area contributed by atoms with Gasteiger partial charge < -0.3 is 15.5 Å². The van der Waals surface area contributed by atoms with E-state index in [0.29, 0.717) is 24.5 Å². The first-order valence-electron chi connectivity index (χ1n) is 9.04. The van der Waals surface area contributed by atoms with Crippen LogP contribution >= 0.6 is 0 Å². The molecular weight excluding hydrogens is 340 g/mol. The molecule has 7 heteroatoms. The Balaban J connectivity index is 2.12. The summed E-state index contributed by atoms with van der Waals surface area (Å²) in [7, 11) is 3.70. The van der Waals surface area contributed by atoms with Gasteiger partial charge in [-0.15, -0.1) is 5.10 Å². The van der Waals surface area contributed by atoms with E-state index in [-0.39, 0.29) is 5.91 Å². The highest BCUT2D eigenvalue weighted by molar-refractivity contribution is 5.92. The van der Waals surface area contributed by atoms with Crippen molar-refractivity contribution in [1.29, 1.82) is 5.26 Å². The van der Waals surface area contributed by atoms with Gasteiger partial charge in [0.2, 0.25) is 5.91 Å². The fourth-order valence-electron chi connectivity index (χ4n) is 2.85. The van der Waals surface area contributed by atoms with Gasteiger partial charge in [-0.05, 0) is 50.2 Å². The largest absolute Gasteiger partial charge is 0.363 e. The SMILES string of the molecule is CCc1nnc(NCc2cccc(NC(=O)CN(C)C)c2)c(C#N)c1CC. The highest BCUT2D eigenvalue weighted by atomic mass is 16.2. The molecule has 0 aliphatic rings. The quantitative estimate of drug-likeness (QED) is 0.746. The first kappa shape index (κ1) is 20.3. The molecule has 0 bridgehead atoms. The topological polar surface area (TPSA) is 93.9 Å². The van der Waals surface area contributed by atoms with Gasteiger partial charge in [-0.3, -0.25) is 4.79 Å². The molecule has 0 unspecified atom stereocenters. The van der Waals surface area contributed by atoms with Gasteiger partial charge in [0.05, 0.1) is 12.2 Å². The number of likely N-dealkylation sites (N-methyl/N-ethyl adjacent to an activating group) is 1. The van der Waals surface area contributed by atoms with Crippen LogP contribution in [-0.4, -0.2) is 41.6 Å². The number of anilines is 2. The van der Waals surface area contributed by atoms with Crippen molar-refractivity contribution >= 4 is 17.4 Å². The van der Waals surface area contributed by atoms with Crippen molar-refractivity contribution in [3.63, 3.8) is 0 Å². The Morgan fingerprint density at radius 2 is 2.00 bits per heavy atom. The summed E-state index contributed by atoms with van der Waals surface area (Å²) in [5.74, 6) is 0.430. The van der Waals surface area contributed by atoms with E-state index in [4.69, 9.17) is 0 Å². The summed E-state index contributed by atoms with van der Waals surface area (Å²) in [4.78, 5) is 13.7. The lowest BCUT2D eigenvalue weighted by atomic mass is 10.0. The second kappa shape index (κ2) is 9.64. The van der Waals surface area contributed by atoms with Crippen molar-refractivity contribution in [2.24, 2.45) is 0 Å². The predicted octanol–water partition coefficient (Wildman–Crippen LogP) is 2.59. The number of hydrogen-bond acceptors (Lipinski definition) is 6. The average molecular weight is 366 g/mol. The number of aromatic nitrogens is 2. The lowest BCUT2D eigenvalue weighted by Gasteiger charge is -2.13. The normalized spacial score (nSPS) is 10.5. The number of nitrogens with zero attached hydrogens (tertiary/aromatic N) is 4. The maximum atomic E-state index is 11.9. The lowest BCUT2D eigenvalue weighted by molar-refractivity contribution is -0.116. The minimum atomic E-state index is -0.0644. The van der Waals surface area contributed by atoms with E-state index >= 15 is 0 Å². The molecule has 1 aromatic heterocycles. The smallest absolute Gasteiger partial charge is 0.238 e. The van der Waals surface area contributed by atoms with Crippen LogP contribution in [0.15, 0.2) is 24.3 Å². The first-order chi connectivity index (χ1) is 13.0. The van der Waals surface area contributed by atoms with Crippen LogP contribution in [0.4, 0.5) is 11.5 Å². The van der Waals surface area contributed by atoms with Crippen LogP contribution in [-0.2, 0) is 24.2 Å². The minimum Gasteiger partial charge on any atom is -0.363 e. The molecule has 0 fully saturated rings. The van der Waals surface area contributed by atoms with Crippen molar-refractivity contribution in [3.05, 3.63) is 46.6 Å². The third-order valence-corrected chi connectivity index (χ3v) is 4.09. The summed E-state index contributed by atoms with van der Waals surface area (Å²) in [6.07, 6.45) is 1.49. The number of nitriles is 1. The van der Waals surface area contributed by atoms with Gasteiger partial charge in [-0.2, -0.15) is 10.4 Å². The maximum Gasteiger partial charge on any atom is 0.238 e. The number of aryl methyl sites for hydroxylation is 1. The second-order valence-electron chi connectivity index (χ2n) is 6.51. The number of nitrogens with one attached hydrogen (secondary N) is 2. The summed E-state index contributed by atoms with van der Waals surface area (Å²) in [6, 6.07) is 9.85. The summed E-state index contributed by atoms with van der Waals surface area (Å²) in [5.41, 5.74) is 4.08. The van der Waals surface area contributed by atoms with Crippen LogP contribution in [0.1, 0.15) is 36.2 Å². The zero-order chi connectivity index (χ0) is 19.8. The highest BCUT2D eigenvalue weighted by Crippen LogP contribution is 2.21. The van der Waals surface area contributed by atoms with Gasteiger partial charge in [0.25, 0.3) is 0 Å². The third-order valence-electron chi connectivity index (χ3n) is 4.09. The molecule has 27 heavy (non-hydrogen) atoms. The third kappa shape index (κ3) is 5.50. The van der Waals surface area contributed by atoms with Gasteiger partial charge in [0, 0.05) is 12.2 Å². The summed E-state index contributed by atoms with van der Waals surface area (Å²) >= 11 is 0. The Morgan fingerprint density at radius 1 is 1.22 bits per heavy atom. The fourth-order valence-corrected chi connectivity index (χ4v) is 2.85. The van der Waals surface area contributed by atoms with E-state index in [2.05, 4.69) is 26.9 Å². The molecule has 0 aliphatic heterocycles. The molecule has 2 rings (SSSR count). The van der Waals surface area contributed by atoms with E-state index in [9.17, 15) is 10.1 Å². The molecule has 142 valence electrons.